The molecule has 2 saturated heterocycles. The number of rotatable bonds is 5. The minimum absolute atomic E-state index is 0. The van der Waals surface area contributed by atoms with Crippen LogP contribution in [-0.2, 0) is 16.0 Å². The molecule has 4 aromatic rings. The summed E-state index contributed by atoms with van der Waals surface area (Å²) in [5.74, 6) is 1.73. The maximum atomic E-state index is 10.8. The van der Waals surface area contributed by atoms with Crippen molar-refractivity contribution in [3.05, 3.63) is 32.5 Å². The first-order valence-electron chi connectivity index (χ1n) is 11.7. The summed E-state index contributed by atoms with van der Waals surface area (Å²) in [5.41, 5.74) is 1.65. The largest absolute Gasteiger partial charge is 0.378 e. The first-order valence-corrected chi connectivity index (χ1v) is 14.1. The quantitative estimate of drug-likeness (QED) is 0.239. The second kappa shape index (κ2) is 14.4. The summed E-state index contributed by atoms with van der Waals surface area (Å²) in [6.07, 6.45) is 0.823. The number of carbonyl (C=O) groups excluding carboxylic acids is 1. The first-order chi connectivity index (χ1) is 18.1. The molecule has 0 aromatic carbocycles. The summed E-state index contributed by atoms with van der Waals surface area (Å²) in [6.45, 7) is 6.90. The molecule has 0 bridgehead atoms. The van der Waals surface area contributed by atoms with E-state index in [1.165, 1.54) is 16.2 Å². The van der Waals surface area contributed by atoms with Gasteiger partial charge in [0.25, 0.3) is 0 Å². The molecule has 39 heavy (non-hydrogen) atoms. The molecule has 2 fully saturated rings. The zero-order valence-electron chi connectivity index (χ0n) is 20.1. The molecule has 0 amide bonds. The highest BCUT2D eigenvalue weighted by Gasteiger charge is 2.20. The monoisotopic (exact) mass is 613 g/mol. The fraction of sp³-hybridized carbons (Fsp3) is 0.480. The molecular formula is C25H33Cl2N7O3S2. The molecule has 1 N–H and O–H groups in total. The fourth-order valence-electron chi connectivity index (χ4n) is 4.14. The van der Waals surface area contributed by atoms with E-state index in [4.69, 9.17) is 32.7 Å². The number of anilines is 2. The lowest BCUT2D eigenvalue weighted by Crippen LogP contribution is -2.36. The Hall–Kier alpha value is -2.19. The van der Waals surface area contributed by atoms with Crippen LogP contribution in [0.4, 0.5) is 11.6 Å². The van der Waals surface area contributed by atoms with Crippen molar-refractivity contribution in [3.8, 4) is 0 Å². The van der Waals surface area contributed by atoms with Gasteiger partial charge in [0.2, 0.25) is 10.6 Å². The number of morpholine rings is 2. The SMILES string of the molecule is C.C.CNCc1cc2nc(Cl)nc(N3CCOCC3)c2s1.O=Cc1cc2nc(Cl)nc(N3CCOCC3)c2s1. The fourth-order valence-corrected chi connectivity index (χ4v) is 6.54. The maximum absolute atomic E-state index is 10.8. The molecule has 0 atom stereocenters. The van der Waals surface area contributed by atoms with Gasteiger partial charge >= 0.3 is 0 Å². The van der Waals surface area contributed by atoms with E-state index in [0.29, 0.717) is 23.4 Å². The second-order valence-corrected chi connectivity index (χ2v) is 11.2. The normalized spacial score (nSPS) is 15.4. The summed E-state index contributed by atoms with van der Waals surface area (Å²) < 4.78 is 12.7. The number of carbonyl (C=O) groups is 1. The molecular weight excluding hydrogens is 581 g/mol. The van der Waals surface area contributed by atoms with Gasteiger partial charge in [-0.05, 0) is 42.4 Å². The number of aromatic nitrogens is 4. The van der Waals surface area contributed by atoms with Gasteiger partial charge in [-0.1, -0.05) is 14.9 Å². The van der Waals surface area contributed by atoms with Crippen molar-refractivity contribution in [1.82, 2.24) is 25.3 Å². The average molecular weight is 615 g/mol. The Morgan fingerprint density at radius 1 is 0.846 bits per heavy atom. The highest BCUT2D eigenvalue weighted by atomic mass is 35.5. The van der Waals surface area contributed by atoms with Crippen LogP contribution in [0.2, 0.25) is 10.6 Å². The van der Waals surface area contributed by atoms with Crippen LogP contribution >= 0.6 is 45.9 Å². The van der Waals surface area contributed by atoms with Gasteiger partial charge in [-0.2, -0.15) is 9.97 Å². The van der Waals surface area contributed by atoms with E-state index in [-0.39, 0.29) is 20.1 Å². The first kappa shape index (κ1) is 31.3. The molecule has 0 radical (unpaired) electrons. The maximum Gasteiger partial charge on any atom is 0.224 e. The molecule has 0 aliphatic carbocycles. The van der Waals surface area contributed by atoms with Gasteiger partial charge in [-0.3, -0.25) is 4.79 Å². The van der Waals surface area contributed by atoms with Crippen molar-refractivity contribution in [2.45, 2.75) is 21.4 Å². The lowest BCUT2D eigenvalue weighted by molar-refractivity contribution is 0.112. The molecule has 0 unspecified atom stereocenters. The average Bonchev–Trinajstić information content (AvgIpc) is 3.52. The Bertz CT molecular complexity index is 1390. The molecule has 14 heteroatoms. The van der Waals surface area contributed by atoms with E-state index in [2.05, 4.69) is 41.1 Å². The van der Waals surface area contributed by atoms with Crippen LogP contribution in [0.15, 0.2) is 12.1 Å². The van der Waals surface area contributed by atoms with Crippen LogP contribution in [0.25, 0.3) is 20.4 Å². The highest BCUT2D eigenvalue weighted by Crippen LogP contribution is 2.34. The highest BCUT2D eigenvalue weighted by molar-refractivity contribution is 7.21. The van der Waals surface area contributed by atoms with Gasteiger partial charge in [0, 0.05) is 37.6 Å². The second-order valence-electron chi connectivity index (χ2n) is 8.27. The third-order valence-electron chi connectivity index (χ3n) is 5.81. The van der Waals surface area contributed by atoms with E-state index >= 15 is 0 Å². The number of hydrogen-bond donors (Lipinski definition) is 1. The summed E-state index contributed by atoms with van der Waals surface area (Å²) in [6, 6.07) is 3.82. The van der Waals surface area contributed by atoms with Gasteiger partial charge < -0.3 is 24.6 Å². The van der Waals surface area contributed by atoms with Gasteiger partial charge in [0.05, 0.1) is 51.7 Å². The third-order valence-corrected chi connectivity index (χ3v) is 8.32. The Morgan fingerprint density at radius 3 is 1.82 bits per heavy atom. The predicted molar refractivity (Wildman–Crippen MR) is 163 cm³/mol. The molecule has 212 valence electrons. The van der Waals surface area contributed by atoms with Crippen LogP contribution in [0.3, 0.4) is 0 Å². The molecule has 10 nitrogen and oxygen atoms in total. The minimum Gasteiger partial charge on any atom is -0.378 e. The summed E-state index contributed by atoms with van der Waals surface area (Å²) in [5, 5.41) is 3.67. The number of thiophene rings is 2. The number of aldehydes is 1. The lowest BCUT2D eigenvalue weighted by atomic mass is 10.3. The Morgan fingerprint density at radius 2 is 1.33 bits per heavy atom. The standard InChI is InChI=1S/C12H15ClN4OS.C11H10ClN3O2S.2CH4/c1-14-7-8-6-9-10(19-8)11(16-12(13)15-9)17-2-4-18-5-3-17;12-11-13-8-5-7(6-16)18-9(8)10(14-11)15-1-3-17-4-2-15;;/h6,14H,2-5,7H2,1H3;5-6H,1-4H2;2*1H4. The van der Waals surface area contributed by atoms with Crippen LogP contribution in [0, 0.1) is 0 Å². The zero-order chi connectivity index (χ0) is 25.8. The van der Waals surface area contributed by atoms with Crippen molar-refractivity contribution < 1.29 is 14.3 Å². The molecule has 2 aliphatic heterocycles. The number of hydrogen-bond acceptors (Lipinski definition) is 12. The Balaban J connectivity index is 0.000000205. The summed E-state index contributed by atoms with van der Waals surface area (Å²) >= 11 is 15.1. The smallest absolute Gasteiger partial charge is 0.224 e. The number of fused-ring (bicyclic) bond motifs is 2. The Labute approximate surface area is 246 Å². The number of ether oxygens (including phenoxy) is 2. The van der Waals surface area contributed by atoms with Crippen molar-refractivity contribution in [2.75, 3.05) is 69.5 Å². The molecule has 0 spiro atoms. The van der Waals surface area contributed by atoms with E-state index < -0.39 is 0 Å². The van der Waals surface area contributed by atoms with Crippen LogP contribution in [0.1, 0.15) is 29.4 Å². The molecule has 4 aromatic heterocycles. The van der Waals surface area contributed by atoms with Gasteiger partial charge in [0.15, 0.2) is 17.9 Å². The van der Waals surface area contributed by atoms with Crippen LogP contribution < -0.4 is 15.1 Å². The van der Waals surface area contributed by atoms with Crippen LogP contribution in [-0.4, -0.2) is 85.9 Å². The molecule has 6 heterocycles. The van der Waals surface area contributed by atoms with E-state index in [1.807, 2.05) is 7.05 Å². The van der Waals surface area contributed by atoms with E-state index in [1.54, 1.807) is 17.4 Å². The molecule has 2 aliphatic rings. The van der Waals surface area contributed by atoms with Crippen molar-refractivity contribution >= 4 is 84.2 Å². The van der Waals surface area contributed by atoms with Gasteiger partial charge in [-0.25, -0.2) is 9.97 Å². The molecule has 6 rings (SSSR count). The topological polar surface area (TPSA) is 106 Å². The third kappa shape index (κ3) is 7.31. The number of halogens is 2. The summed E-state index contributed by atoms with van der Waals surface area (Å²) in [7, 11) is 1.94. The Kier molecular flexibility index (Phi) is 11.6. The van der Waals surface area contributed by atoms with Crippen LogP contribution in [0.5, 0.6) is 0 Å². The van der Waals surface area contributed by atoms with Crippen molar-refractivity contribution in [1.29, 1.82) is 0 Å². The molecule has 0 saturated carbocycles. The van der Waals surface area contributed by atoms with E-state index in [0.717, 1.165) is 84.3 Å². The van der Waals surface area contributed by atoms with Gasteiger partial charge in [-0.15, -0.1) is 22.7 Å². The number of nitrogens with one attached hydrogen (secondary N) is 1. The van der Waals surface area contributed by atoms with Crippen molar-refractivity contribution in [3.63, 3.8) is 0 Å². The van der Waals surface area contributed by atoms with Gasteiger partial charge in [0.1, 0.15) is 0 Å². The minimum atomic E-state index is 0. The zero-order valence-corrected chi connectivity index (χ0v) is 23.2. The lowest BCUT2D eigenvalue weighted by Gasteiger charge is -2.28. The number of nitrogens with zero attached hydrogens (tertiary/aromatic N) is 6. The van der Waals surface area contributed by atoms with E-state index in [9.17, 15) is 4.79 Å². The van der Waals surface area contributed by atoms with Crippen molar-refractivity contribution in [2.24, 2.45) is 0 Å². The summed E-state index contributed by atoms with van der Waals surface area (Å²) in [4.78, 5) is 34.2. The predicted octanol–water partition coefficient (Wildman–Crippen LogP) is 5.17.